The van der Waals surface area contributed by atoms with Gasteiger partial charge in [-0.15, -0.1) is 0 Å². The zero-order valence-electron chi connectivity index (χ0n) is 16.2. The third-order valence-corrected chi connectivity index (χ3v) is 4.47. The van der Waals surface area contributed by atoms with Crippen LogP contribution in [0.5, 0.6) is 0 Å². The number of hydrogen-bond acceptors (Lipinski definition) is 5. The quantitative estimate of drug-likeness (QED) is 0.713. The van der Waals surface area contributed by atoms with Gasteiger partial charge in [-0.25, -0.2) is 4.79 Å². The van der Waals surface area contributed by atoms with Crippen molar-refractivity contribution in [1.29, 1.82) is 0 Å². The van der Waals surface area contributed by atoms with Gasteiger partial charge in [0, 0.05) is 19.0 Å². The molecule has 2 amide bonds. The van der Waals surface area contributed by atoms with Crippen molar-refractivity contribution >= 4 is 29.4 Å². The molecule has 1 heterocycles. The van der Waals surface area contributed by atoms with Crippen LogP contribution >= 0.6 is 11.6 Å². The van der Waals surface area contributed by atoms with Crippen LogP contribution in [0.4, 0.5) is 0 Å². The molecule has 2 aromatic rings. The Bertz CT molecular complexity index is 860. The molecule has 0 aliphatic carbocycles. The van der Waals surface area contributed by atoms with E-state index < -0.39 is 12.0 Å². The lowest BCUT2D eigenvalue weighted by atomic mass is 10.0. The SMILES string of the molecule is COC(=O)c1cc(CN(C)C(=O)CC(NC(C)=O)c2ccc(Cl)cc2)oc1C. The Balaban J connectivity index is 2.09. The van der Waals surface area contributed by atoms with Gasteiger partial charge in [0.25, 0.3) is 0 Å². The van der Waals surface area contributed by atoms with Crippen LogP contribution < -0.4 is 5.32 Å². The van der Waals surface area contributed by atoms with Gasteiger partial charge in [0.1, 0.15) is 17.1 Å². The van der Waals surface area contributed by atoms with Gasteiger partial charge in [-0.1, -0.05) is 23.7 Å². The van der Waals surface area contributed by atoms with E-state index in [4.69, 9.17) is 20.8 Å². The van der Waals surface area contributed by atoms with E-state index in [2.05, 4.69) is 5.32 Å². The highest BCUT2D eigenvalue weighted by atomic mass is 35.5. The van der Waals surface area contributed by atoms with Crippen LogP contribution in [0.2, 0.25) is 5.02 Å². The summed E-state index contributed by atoms with van der Waals surface area (Å²) in [6.45, 7) is 3.24. The van der Waals surface area contributed by atoms with Gasteiger partial charge in [-0.05, 0) is 30.7 Å². The molecule has 1 unspecified atom stereocenters. The second kappa shape index (κ2) is 9.41. The van der Waals surface area contributed by atoms with Crippen molar-refractivity contribution in [2.24, 2.45) is 0 Å². The third-order valence-electron chi connectivity index (χ3n) is 4.22. The van der Waals surface area contributed by atoms with Crippen LogP contribution in [0.3, 0.4) is 0 Å². The number of nitrogens with one attached hydrogen (secondary N) is 1. The first-order valence-electron chi connectivity index (χ1n) is 8.65. The molecule has 0 radical (unpaired) electrons. The molecule has 0 fully saturated rings. The summed E-state index contributed by atoms with van der Waals surface area (Å²) in [6.07, 6.45) is 0.0707. The minimum Gasteiger partial charge on any atom is -0.465 e. The maximum Gasteiger partial charge on any atom is 0.341 e. The van der Waals surface area contributed by atoms with E-state index in [9.17, 15) is 14.4 Å². The number of aryl methyl sites for hydroxylation is 1. The van der Waals surface area contributed by atoms with E-state index in [-0.39, 0.29) is 24.8 Å². The van der Waals surface area contributed by atoms with E-state index in [0.29, 0.717) is 22.1 Å². The first-order chi connectivity index (χ1) is 13.2. The maximum absolute atomic E-state index is 12.7. The number of hydrogen-bond donors (Lipinski definition) is 1. The number of nitrogens with zero attached hydrogens (tertiary/aromatic N) is 1. The molecule has 28 heavy (non-hydrogen) atoms. The summed E-state index contributed by atoms with van der Waals surface area (Å²) in [6, 6.07) is 8.05. The Morgan fingerprint density at radius 2 is 1.89 bits per heavy atom. The van der Waals surface area contributed by atoms with E-state index in [0.717, 1.165) is 5.56 Å². The molecule has 0 aliphatic rings. The Morgan fingerprint density at radius 1 is 1.25 bits per heavy atom. The van der Waals surface area contributed by atoms with E-state index in [1.54, 1.807) is 44.3 Å². The summed E-state index contributed by atoms with van der Waals surface area (Å²) >= 11 is 5.91. The highest BCUT2D eigenvalue weighted by Crippen LogP contribution is 2.22. The molecule has 0 bridgehead atoms. The summed E-state index contributed by atoms with van der Waals surface area (Å²) in [7, 11) is 2.92. The maximum atomic E-state index is 12.7. The molecule has 150 valence electrons. The van der Waals surface area contributed by atoms with Crippen LogP contribution in [-0.2, 0) is 20.9 Å². The van der Waals surface area contributed by atoms with Crippen molar-refractivity contribution in [3.05, 3.63) is 58.0 Å². The second-order valence-electron chi connectivity index (χ2n) is 6.43. The molecular formula is C20H23ClN2O5. The van der Waals surface area contributed by atoms with Crippen LogP contribution in [0, 0.1) is 6.92 Å². The lowest BCUT2D eigenvalue weighted by molar-refractivity contribution is -0.131. The number of furan rings is 1. The number of ether oxygens (including phenoxy) is 1. The number of rotatable bonds is 7. The average molecular weight is 407 g/mol. The first-order valence-corrected chi connectivity index (χ1v) is 9.03. The van der Waals surface area contributed by atoms with Crippen molar-refractivity contribution in [3.63, 3.8) is 0 Å². The summed E-state index contributed by atoms with van der Waals surface area (Å²) in [5.74, 6) is -0.0200. The molecule has 1 atom stereocenters. The first kappa shape index (κ1) is 21.5. The van der Waals surface area contributed by atoms with E-state index in [1.807, 2.05) is 0 Å². The lowest BCUT2D eigenvalue weighted by Crippen LogP contribution is -2.33. The molecule has 1 aromatic carbocycles. The van der Waals surface area contributed by atoms with Gasteiger partial charge >= 0.3 is 5.97 Å². The Morgan fingerprint density at radius 3 is 2.46 bits per heavy atom. The Hall–Kier alpha value is -2.80. The summed E-state index contributed by atoms with van der Waals surface area (Å²) in [4.78, 5) is 37.4. The van der Waals surface area contributed by atoms with E-state index >= 15 is 0 Å². The molecular weight excluding hydrogens is 384 g/mol. The highest BCUT2D eigenvalue weighted by Gasteiger charge is 2.22. The number of carbonyl (C=O) groups is 3. The Kier molecular flexibility index (Phi) is 7.23. The molecule has 8 heteroatoms. The largest absolute Gasteiger partial charge is 0.465 e. The zero-order chi connectivity index (χ0) is 20.8. The molecule has 1 N–H and O–H groups in total. The number of carbonyl (C=O) groups excluding carboxylic acids is 3. The molecule has 0 aliphatic heterocycles. The summed E-state index contributed by atoms with van der Waals surface area (Å²) in [5.41, 5.74) is 1.11. The number of benzene rings is 1. The van der Waals surface area contributed by atoms with Crippen molar-refractivity contribution in [2.75, 3.05) is 14.2 Å². The lowest BCUT2D eigenvalue weighted by Gasteiger charge is -2.22. The van der Waals surface area contributed by atoms with Crippen molar-refractivity contribution in [2.45, 2.75) is 32.9 Å². The predicted octanol–water partition coefficient (Wildman–Crippen LogP) is 3.25. The minimum atomic E-state index is -0.491. The van der Waals surface area contributed by atoms with Gasteiger partial charge in [-0.2, -0.15) is 0 Å². The second-order valence-corrected chi connectivity index (χ2v) is 6.87. The topological polar surface area (TPSA) is 88.9 Å². The number of halogens is 1. The van der Waals surface area contributed by atoms with Crippen molar-refractivity contribution in [3.8, 4) is 0 Å². The normalized spacial score (nSPS) is 11.6. The fourth-order valence-corrected chi connectivity index (χ4v) is 2.91. The fraction of sp³-hybridized carbons (Fsp3) is 0.350. The highest BCUT2D eigenvalue weighted by molar-refractivity contribution is 6.30. The standard InChI is InChI=1S/C20H23ClN2O5/c1-12-17(20(26)27-4)9-16(28-12)11-23(3)19(25)10-18(22-13(2)24)14-5-7-15(21)8-6-14/h5-9,18H,10-11H2,1-4H3,(H,22,24). The molecule has 7 nitrogen and oxygen atoms in total. The van der Waals surface area contributed by atoms with Crippen LogP contribution in [0.25, 0.3) is 0 Å². The molecule has 0 saturated carbocycles. The molecule has 0 saturated heterocycles. The number of methoxy groups -OCH3 is 1. The van der Waals surface area contributed by atoms with Gasteiger partial charge in [-0.3, -0.25) is 9.59 Å². The van der Waals surface area contributed by atoms with Crippen LogP contribution in [0.1, 0.15) is 46.8 Å². The third kappa shape index (κ3) is 5.60. The number of esters is 1. The minimum absolute atomic E-state index is 0.0707. The molecule has 2 rings (SSSR count). The van der Waals surface area contributed by atoms with Gasteiger partial charge in [0.2, 0.25) is 11.8 Å². The Labute approximate surface area is 168 Å². The number of amides is 2. The van der Waals surface area contributed by atoms with Crippen LogP contribution in [0.15, 0.2) is 34.7 Å². The zero-order valence-corrected chi connectivity index (χ0v) is 17.0. The molecule has 1 aromatic heterocycles. The average Bonchev–Trinajstić information content (AvgIpc) is 3.00. The monoisotopic (exact) mass is 406 g/mol. The summed E-state index contributed by atoms with van der Waals surface area (Å²) in [5, 5.41) is 3.36. The van der Waals surface area contributed by atoms with Gasteiger partial charge in [0.05, 0.1) is 26.1 Å². The molecule has 0 spiro atoms. The fourth-order valence-electron chi connectivity index (χ4n) is 2.78. The van der Waals surface area contributed by atoms with Crippen LogP contribution in [-0.4, -0.2) is 36.8 Å². The smallest absolute Gasteiger partial charge is 0.341 e. The van der Waals surface area contributed by atoms with Crippen molar-refractivity contribution < 1.29 is 23.5 Å². The van der Waals surface area contributed by atoms with E-state index in [1.165, 1.54) is 18.9 Å². The predicted molar refractivity (Wildman–Crippen MR) is 104 cm³/mol. The summed E-state index contributed by atoms with van der Waals surface area (Å²) < 4.78 is 10.2. The van der Waals surface area contributed by atoms with Crippen molar-refractivity contribution in [1.82, 2.24) is 10.2 Å². The van der Waals surface area contributed by atoms with Gasteiger partial charge in [0.15, 0.2) is 0 Å². The van der Waals surface area contributed by atoms with Gasteiger partial charge < -0.3 is 19.4 Å².